The van der Waals surface area contributed by atoms with Crippen molar-refractivity contribution in [3.8, 4) is 0 Å². The van der Waals surface area contributed by atoms with Crippen LogP contribution in [0.5, 0.6) is 0 Å². The van der Waals surface area contributed by atoms with Crippen molar-refractivity contribution in [2.45, 2.75) is 24.6 Å². The highest BCUT2D eigenvalue weighted by atomic mass is 35.5. The van der Waals surface area contributed by atoms with Crippen molar-refractivity contribution in [2.75, 3.05) is 0 Å². The first kappa shape index (κ1) is 20.8. The molecule has 1 unspecified atom stereocenters. The average Bonchev–Trinajstić information content (AvgIpc) is 3.36. The van der Waals surface area contributed by atoms with Crippen molar-refractivity contribution in [1.29, 1.82) is 0 Å². The number of halogens is 5. The number of alkyl halides is 3. The van der Waals surface area contributed by atoms with Gasteiger partial charge in [0.05, 0.1) is 11.7 Å². The third kappa shape index (κ3) is 3.13. The van der Waals surface area contributed by atoms with Crippen LogP contribution in [-0.4, -0.2) is 26.0 Å². The molecule has 0 saturated heterocycles. The molecule has 0 spiro atoms. The molecule has 32 heavy (non-hydrogen) atoms. The highest BCUT2D eigenvalue weighted by Gasteiger charge is 2.57. The van der Waals surface area contributed by atoms with Crippen LogP contribution >= 0.6 is 11.6 Å². The molecule has 1 aliphatic carbocycles. The van der Waals surface area contributed by atoms with Crippen LogP contribution in [0.15, 0.2) is 66.8 Å². The lowest BCUT2D eigenvalue weighted by molar-refractivity contribution is -0.247. The number of rotatable bonds is 3. The summed E-state index contributed by atoms with van der Waals surface area (Å²) in [5.41, 5.74) is -2.26. The Hall–Kier alpha value is -3.10. The second kappa shape index (κ2) is 7.21. The van der Waals surface area contributed by atoms with Crippen molar-refractivity contribution in [2.24, 2.45) is 0 Å². The minimum Gasteiger partial charge on any atom is -0.372 e. The number of nitrogens with zero attached hydrogens (tertiary/aromatic N) is 2. The lowest BCUT2D eigenvalue weighted by atomic mass is 9.85. The van der Waals surface area contributed by atoms with Gasteiger partial charge in [0, 0.05) is 45.2 Å². The Kier molecular flexibility index (Phi) is 4.69. The summed E-state index contributed by atoms with van der Waals surface area (Å²) in [7, 11) is 0. The summed E-state index contributed by atoms with van der Waals surface area (Å²) in [4.78, 5) is 2.77. The van der Waals surface area contributed by atoms with Gasteiger partial charge in [0.1, 0.15) is 5.83 Å². The maximum absolute atomic E-state index is 14.3. The maximum atomic E-state index is 14.3. The Labute approximate surface area is 184 Å². The predicted molar refractivity (Wildman–Crippen MR) is 115 cm³/mol. The summed E-state index contributed by atoms with van der Waals surface area (Å²) in [5.74, 6) is -0.235. The van der Waals surface area contributed by atoms with Gasteiger partial charge in [0.15, 0.2) is 0 Å². The van der Waals surface area contributed by atoms with E-state index in [4.69, 9.17) is 11.6 Å². The number of benzene rings is 2. The van der Waals surface area contributed by atoms with Crippen molar-refractivity contribution < 1.29 is 22.7 Å². The van der Waals surface area contributed by atoms with Gasteiger partial charge in [-0.15, -0.1) is 0 Å². The first-order chi connectivity index (χ1) is 15.2. The largest absolute Gasteiger partial charge is 0.425 e. The molecule has 2 aromatic heterocycles. The molecular formula is C23H16ClF4N3O. The average molecular weight is 462 g/mol. The first-order valence-corrected chi connectivity index (χ1v) is 10.2. The predicted octanol–water partition coefficient (Wildman–Crippen LogP) is 6.46. The number of aliphatic hydroxyl groups is 1. The zero-order chi connectivity index (χ0) is 22.7. The molecule has 0 bridgehead atoms. The molecule has 2 heterocycles. The molecule has 0 fully saturated rings. The van der Waals surface area contributed by atoms with E-state index in [2.05, 4.69) is 10.1 Å². The summed E-state index contributed by atoms with van der Waals surface area (Å²) >= 11 is 6.00. The molecule has 1 aliphatic rings. The molecule has 0 radical (unpaired) electrons. The van der Waals surface area contributed by atoms with Gasteiger partial charge in [-0.1, -0.05) is 17.7 Å². The molecule has 0 saturated carbocycles. The summed E-state index contributed by atoms with van der Waals surface area (Å²) in [6.07, 6.45) is 1.17. The Morgan fingerprint density at radius 1 is 1.06 bits per heavy atom. The fraction of sp³-hybridized carbons (Fsp3) is 0.174. The van der Waals surface area contributed by atoms with E-state index in [0.29, 0.717) is 22.8 Å². The highest BCUT2D eigenvalue weighted by Crippen LogP contribution is 2.47. The Balaban J connectivity index is 1.68. The van der Waals surface area contributed by atoms with Gasteiger partial charge in [-0.05, 0) is 54.5 Å². The summed E-state index contributed by atoms with van der Waals surface area (Å²) in [5, 5.41) is 16.2. The third-order valence-electron chi connectivity index (χ3n) is 5.78. The number of allylic oxidation sites excluding steroid dienone is 4. The van der Waals surface area contributed by atoms with E-state index in [1.54, 1.807) is 22.9 Å². The number of nitrogens with one attached hydrogen (secondary N) is 1. The van der Waals surface area contributed by atoms with Crippen molar-refractivity contribution >= 4 is 39.1 Å². The van der Waals surface area contributed by atoms with Crippen LogP contribution in [0.3, 0.4) is 0 Å². The summed E-state index contributed by atoms with van der Waals surface area (Å²) in [6, 6.07) is 8.48. The monoisotopic (exact) mass is 461 g/mol. The molecule has 0 amide bonds. The second-order valence-electron chi connectivity index (χ2n) is 7.70. The molecule has 1 atom stereocenters. The minimum absolute atomic E-state index is 0.175. The topological polar surface area (TPSA) is 53.8 Å². The van der Waals surface area contributed by atoms with Crippen molar-refractivity contribution in [3.63, 3.8) is 0 Å². The van der Waals surface area contributed by atoms with Crippen LogP contribution < -0.4 is 0 Å². The normalized spacial score (nSPS) is 16.8. The van der Waals surface area contributed by atoms with Gasteiger partial charge < -0.3 is 10.1 Å². The highest BCUT2D eigenvalue weighted by molar-refractivity contribution is 6.31. The summed E-state index contributed by atoms with van der Waals surface area (Å²) < 4.78 is 57.9. The smallest absolute Gasteiger partial charge is 0.372 e. The van der Waals surface area contributed by atoms with Gasteiger partial charge in [0.25, 0.3) is 0 Å². The van der Waals surface area contributed by atoms with Gasteiger partial charge in [-0.2, -0.15) is 18.3 Å². The number of aromatic nitrogens is 3. The number of aromatic amines is 1. The van der Waals surface area contributed by atoms with Crippen LogP contribution in [-0.2, 0) is 5.60 Å². The van der Waals surface area contributed by atoms with E-state index in [9.17, 15) is 22.7 Å². The quantitative estimate of drug-likeness (QED) is 0.344. The number of fused-ring (bicyclic) bond motifs is 2. The fourth-order valence-corrected chi connectivity index (χ4v) is 4.30. The standard InChI is InChI=1S/C23H16ClF4N3O/c24-15-2-7-20-18(10-15)19(12-29-20)22(32,23(26,27)28)14-1-8-21-13(9-14)11-30-31(21)17-5-3-16(25)4-6-17/h1-3,5,7-12,29,32H,4,6H2. The molecule has 4 aromatic rings. The number of hydrogen-bond acceptors (Lipinski definition) is 2. The lowest BCUT2D eigenvalue weighted by Crippen LogP contribution is -2.43. The molecule has 4 nitrogen and oxygen atoms in total. The number of hydrogen-bond donors (Lipinski definition) is 2. The Bertz CT molecular complexity index is 1420. The SMILES string of the molecule is OC(c1ccc2c(cnn2C2=CC=C(F)CC2)c1)(c1c[nH]c2ccc(Cl)cc12)C(F)(F)F. The molecule has 0 aliphatic heterocycles. The van der Waals surface area contributed by atoms with E-state index in [-0.39, 0.29) is 33.8 Å². The van der Waals surface area contributed by atoms with Crippen molar-refractivity contribution in [3.05, 3.63) is 82.9 Å². The molecule has 2 N–H and O–H groups in total. The molecule has 5 rings (SSSR count). The number of H-pyrrole nitrogens is 1. The Morgan fingerprint density at radius 2 is 1.88 bits per heavy atom. The van der Waals surface area contributed by atoms with E-state index in [0.717, 1.165) is 11.9 Å². The molecule has 164 valence electrons. The molecule has 2 aromatic carbocycles. The lowest BCUT2D eigenvalue weighted by Gasteiger charge is -2.31. The van der Waals surface area contributed by atoms with Crippen LogP contribution in [0.4, 0.5) is 17.6 Å². The van der Waals surface area contributed by atoms with Crippen LogP contribution in [0.2, 0.25) is 5.02 Å². The first-order valence-electron chi connectivity index (χ1n) is 9.78. The van der Waals surface area contributed by atoms with Gasteiger partial charge >= 0.3 is 6.18 Å². The second-order valence-corrected chi connectivity index (χ2v) is 8.14. The zero-order valence-corrected chi connectivity index (χ0v) is 17.2. The third-order valence-corrected chi connectivity index (χ3v) is 6.01. The van der Waals surface area contributed by atoms with Crippen LogP contribution in [0.1, 0.15) is 24.0 Å². The van der Waals surface area contributed by atoms with Crippen LogP contribution in [0, 0.1) is 0 Å². The minimum atomic E-state index is -5.01. The van der Waals surface area contributed by atoms with E-state index in [1.807, 2.05) is 0 Å². The van der Waals surface area contributed by atoms with E-state index >= 15 is 0 Å². The van der Waals surface area contributed by atoms with Gasteiger partial charge in [-0.25, -0.2) is 9.07 Å². The van der Waals surface area contributed by atoms with Crippen LogP contribution in [0.25, 0.3) is 27.5 Å². The van der Waals surface area contributed by atoms with Crippen molar-refractivity contribution in [1.82, 2.24) is 14.8 Å². The fourth-order valence-electron chi connectivity index (χ4n) is 4.13. The Morgan fingerprint density at radius 3 is 2.59 bits per heavy atom. The van der Waals surface area contributed by atoms with Gasteiger partial charge in [0.2, 0.25) is 5.60 Å². The maximum Gasteiger partial charge on any atom is 0.425 e. The van der Waals surface area contributed by atoms with E-state index < -0.39 is 11.8 Å². The molecule has 9 heteroatoms. The zero-order valence-electron chi connectivity index (χ0n) is 16.4. The summed E-state index contributed by atoms with van der Waals surface area (Å²) in [6.45, 7) is 0. The molecular weight excluding hydrogens is 446 g/mol. The van der Waals surface area contributed by atoms with E-state index in [1.165, 1.54) is 36.5 Å². The van der Waals surface area contributed by atoms with Gasteiger partial charge in [-0.3, -0.25) is 0 Å².